The summed E-state index contributed by atoms with van der Waals surface area (Å²) in [7, 11) is 1.98. The first-order valence-corrected chi connectivity index (χ1v) is 6.33. The van der Waals surface area contributed by atoms with Crippen molar-refractivity contribution < 1.29 is 9.84 Å². The fourth-order valence-corrected chi connectivity index (χ4v) is 2.91. The van der Waals surface area contributed by atoms with Gasteiger partial charge in [-0.1, -0.05) is 12.1 Å². The van der Waals surface area contributed by atoms with Crippen LogP contribution in [0.1, 0.15) is 30.0 Å². The number of ether oxygens (including phenoxy) is 1. The lowest BCUT2D eigenvalue weighted by atomic mass is 9.89. The standard InChI is InChI=1S/C14H19NO2/c1-15-13(14(9-16)5-6-14)11-2-3-12-10(8-11)4-7-17-12/h2-3,8,13,15-16H,4-7,9H2,1H3. The van der Waals surface area contributed by atoms with Crippen molar-refractivity contribution in [3.05, 3.63) is 29.3 Å². The second-order valence-corrected chi connectivity index (χ2v) is 5.21. The Hall–Kier alpha value is -1.06. The molecule has 1 heterocycles. The highest BCUT2D eigenvalue weighted by Gasteiger charge is 2.49. The Morgan fingerprint density at radius 3 is 2.94 bits per heavy atom. The second-order valence-electron chi connectivity index (χ2n) is 5.21. The highest BCUT2D eigenvalue weighted by atomic mass is 16.5. The molecule has 1 atom stereocenters. The lowest BCUT2D eigenvalue weighted by Crippen LogP contribution is -2.29. The molecule has 3 heteroatoms. The fraction of sp³-hybridized carbons (Fsp3) is 0.571. The molecule has 0 spiro atoms. The molecular formula is C14H19NO2. The van der Waals surface area contributed by atoms with Gasteiger partial charge in [-0.2, -0.15) is 0 Å². The highest BCUT2D eigenvalue weighted by molar-refractivity contribution is 5.41. The van der Waals surface area contributed by atoms with Crippen molar-refractivity contribution in [2.75, 3.05) is 20.3 Å². The summed E-state index contributed by atoms with van der Waals surface area (Å²) in [5.41, 5.74) is 2.66. The van der Waals surface area contributed by atoms with Gasteiger partial charge in [0.15, 0.2) is 0 Å². The minimum Gasteiger partial charge on any atom is -0.493 e. The van der Waals surface area contributed by atoms with Gasteiger partial charge in [-0.15, -0.1) is 0 Å². The smallest absolute Gasteiger partial charge is 0.122 e. The first-order valence-electron chi connectivity index (χ1n) is 6.33. The summed E-state index contributed by atoms with van der Waals surface area (Å²) in [4.78, 5) is 0. The molecule has 1 aromatic rings. The molecule has 1 aromatic carbocycles. The third-order valence-electron chi connectivity index (χ3n) is 4.16. The van der Waals surface area contributed by atoms with Crippen LogP contribution in [0.5, 0.6) is 5.75 Å². The largest absolute Gasteiger partial charge is 0.493 e. The number of fused-ring (bicyclic) bond motifs is 1. The Bertz CT molecular complexity index is 426. The van der Waals surface area contributed by atoms with Crippen LogP contribution in [0, 0.1) is 5.41 Å². The Morgan fingerprint density at radius 2 is 2.29 bits per heavy atom. The normalized spacial score (nSPS) is 21.8. The molecule has 1 aliphatic heterocycles. The molecule has 1 saturated carbocycles. The summed E-state index contributed by atoms with van der Waals surface area (Å²) < 4.78 is 5.52. The number of aliphatic hydroxyl groups is 1. The van der Waals surface area contributed by atoms with E-state index in [1.165, 1.54) is 11.1 Å². The van der Waals surface area contributed by atoms with Crippen molar-refractivity contribution in [2.24, 2.45) is 5.41 Å². The zero-order valence-corrected chi connectivity index (χ0v) is 10.2. The Balaban J connectivity index is 1.92. The van der Waals surface area contributed by atoms with Crippen molar-refractivity contribution in [3.8, 4) is 5.75 Å². The van der Waals surface area contributed by atoms with Crippen molar-refractivity contribution in [1.82, 2.24) is 5.32 Å². The maximum Gasteiger partial charge on any atom is 0.122 e. The van der Waals surface area contributed by atoms with E-state index in [0.717, 1.165) is 31.6 Å². The topological polar surface area (TPSA) is 41.5 Å². The van der Waals surface area contributed by atoms with Gasteiger partial charge in [0, 0.05) is 17.9 Å². The Morgan fingerprint density at radius 1 is 1.47 bits per heavy atom. The molecule has 1 unspecified atom stereocenters. The number of rotatable bonds is 4. The van der Waals surface area contributed by atoms with E-state index < -0.39 is 0 Å². The maximum atomic E-state index is 9.55. The van der Waals surface area contributed by atoms with Crippen LogP contribution < -0.4 is 10.1 Å². The second kappa shape index (κ2) is 4.00. The van der Waals surface area contributed by atoms with Crippen LogP contribution in [0.15, 0.2) is 18.2 Å². The van der Waals surface area contributed by atoms with Gasteiger partial charge in [-0.3, -0.25) is 0 Å². The van der Waals surface area contributed by atoms with Crippen LogP contribution in [0.25, 0.3) is 0 Å². The lowest BCUT2D eigenvalue weighted by molar-refractivity contribution is 0.175. The fourth-order valence-electron chi connectivity index (χ4n) is 2.91. The van der Waals surface area contributed by atoms with Gasteiger partial charge in [0.05, 0.1) is 13.2 Å². The molecule has 17 heavy (non-hydrogen) atoms. The Kier molecular flexibility index (Phi) is 2.60. The summed E-state index contributed by atoms with van der Waals surface area (Å²) in [5, 5.41) is 12.9. The number of hydrogen-bond acceptors (Lipinski definition) is 3. The molecule has 3 nitrogen and oxygen atoms in total. The zero-order valence-electron chi connectivity index (χ0n) is 10.2. The molecule has 2 N–H and O–H groups in total. The molecule has 92 valence electrons. The summed E-state index contributed by atoms with van der Waals surface area (Å²) >= 11 is 0. The third-order valence-corrected chi connectivity index (χ3v) is 4.16. The number of nitrogens with one attached hydrogen (secondary N) is 1. The maximum absolute atomic E-state index is 9.55. The quantitative estimate of drug-likeness (QED) is 0.831. The molecule has 0 aromatic heterocycles. The minimum atomic E-state index is 0.0719. The first-order chi connectivity index (χ1) is 8.29. The number of benzene rings is 1. The van der Waals surface area contributed by atoms with E-state index in [-0.39, 0.29) is 18.1 Å². The molecule has 2 aliphatic rings. The molecule has 3 rings (SSSR count). The third kappa shape index (κ3) is 1.74. The van der Waals surface area contributed by atoms with Gasteiger partial charge in [0.1, 0.15) is 5.75 Å². The van der Waals surface area contributed by atoms with E-state index in [1.54, 1.807) is 0 Å². The van der Waals surface area contributed by atoms with Gasteiger partial charge in [0.2, 0.25) is 0 Å². The SMILES string of the molecule is CNC(c1ccc2c(c1)CCO2)C1(CO)CC1. The average molecular weight is 233 g/mol. The van der Waals surface area contributed by atoms with E-state index in [0.29, 0.717) is 0 Å². The van der Waals surface area contributed by atoms with Crippen LogP contribution >= 0.6 is 0 Å². The van der Waals surface area contributed by atoms with Gasteiger partial charge in [-0.05, 0) is 37.1 Å². The van der Waals surface area contributed by atoms with E-state index in [1.807, 2.05) is 7.05 Å². The van der Waals surface area contributed by atoms with Gasteiger partial charge >= 0.3 is 0 Å². The molecule has 0 amide bonds. The van der Waals surface area contributed by atoms with E-state index in [9.17, 15) is 5.11 Å². The van der Waals surface area contributed by atoms with Crippen LogP contribution in [0.2, 0.25) is 0 Å². The van der Waals surface area contributed by atoms with Gasteiger partial charge in [0.25, 0.3) is 0 Å². The van der Waals surface area contributed by atoms with Crippen LogP contribution in [-0.2, 0) is 6.42 Å². The summed E-state index contributed by atoms with van der Waals surface area (Å²) in [6.45, 7) is 1.07. The van der Waals surface area contributed by atoms with E-state index >= 15 is 0 Å². The molecule has 1 aliphatic carbocycles. The monoisotopic (exact) mass is 233 g/mol. The van der Waals surface area contributed by atoms with Crippen LogP contribution in [-0.4, -0.2) is 25.4 Å². The zero-order chi connectivity index (χ0) is 11.9. The van der Waals surface area contributed by atoms with Gasteiger partial charge in [-0.25, -0.2) is 0 Å². The first kappa shape index (κ1) is 11.1. The van der Waals surface area contributed by atoms with Crippen LogP contribution in [0.3, 0.4) is 0 Å². The summed E-state index contributed by atoms with van der Waals surface area (Å²) in [6.07, 6.45) is 3.23. The highest BCUT2D eigenvalue weighted by Crippen LogP contribution is 2.54. The van der Waals surface area contributed by atoms with Crippen molar-refractivity contribution >= 4 is 0 Å². The van der Waals surface area contributed by atoms with E-state index in [4.69, 9.17) is 4.74 Å². The minimum absolute atomic E-state index is 0.0719. The number of hydrogen-bond donors (Lipinski definition) is 2. The van der Waals surface area contributed by atoms with Crippen molar-refractivity contribution in [3.63, 3.8) is 0 Å². The predicted molar refractivity (Wildman–Crippen MR) is 66.2 cm³/mol. The van der Waals surface area contributed by atoms with Crippen LogP contribution in [0.4, 0.5) is 0 Å². The molecular weight excluding hydrogens is 214 g/mol. The lowest BCUT2D eigenvalue weighted by Gasteiger charge is -2.25. The molecule has 0 saturated heterocycles. The molecule has 0 radical (unpaired) electrons. The summed E-state index contributed by atoms with van der Waals surface area (Å²) in [6, 6.07) is 6.69. The van der Waals surface area contributed by atoms with Crippen molar-refractivity contribution in [2.45, 2.75) is 25.3 Å². The van der Waals surface area contributed by atoms with Gasteiger partial charge < -0.3 is 15.2 Å². The number of aliphatic hydroxyl groups excluding tert-OH is 1. The molecule has 0 bridgehead atoms. The van der Waals surface area contributed by atoms with E-state index in [2.05, 4.69) is 23.5 Å². The Labute approximate surface area is 102 Å². The van der Waals surface area contributed by atoms with Crippen molar-refractivity contribution in [1.29, 1.82) is 0 Å². The molecule has 1 fully saturated rings. The average Bonchev–Trinajstić information content (AvgIpc) is 3.00. The predicted octanol–water partition coefficient (Wildman–Crippen LogP) is 1.65. The summed E-state index contributed by atoms with van der Waals surface area (Å²) in [5.74, 6) is 1.03.